The first-order valence-electron chi connectivity index (χ1n) is 9.82. The number of nitrogens with one attached hydrogen (secondary N) is 1. The van der Waals surface area contributed by atoms with Gasteiger partial charge in [-0.05, 0) is 23.3 Å². The molecule has 1 aromatic heterocycles. The molecule has 4 rings (SSSR count). The van der Waals surface area contributed by atoms with Crippen LogP contribution < -0.4 is 5.32 Å². The quantitative estimate of drug-likeness (QED) is 0.697. The van der Waals surface area contributed by atoms with E-state index in [0.717, 1.165) is 49.7 Å². The van der Waals surface area contributed by atoms with E-state index in [1.165, 1.54) is 5.56 Å². The van der Waals surface area contributed by atoms with Crippen LogP contribution in [0.3, 0.4) is 0 Å². The van der Waals surface area contributed by atoms with Gasteiger partial charge in [0.1, 0.15) is 5.69 Å². The van der Waals surface area contributed by atoms with Gasteiger partial charge in [-0.2, -0.15) is 0 Å². The summed E-state index contributed by atoms with van der Waals surface area (Å²) in [6, 6.07) is 16.0. The van der Waals surface area contributed by atoms with Crippen LogP contribution in [0.15, 0.2) is 54.7 Å². The number of aromatic nitrogens is 3. The molecule has 0 unspecified atom stereocenters. The lowest BCUT2D eigenvalue weighted by Gasteiger charge is -2.26. The molecule has 0 atom stereocenters. The number of amides is 1. The molecule has 0 aliphatic carbocycles. The second-order valence-electron chi connectivity index (χ2n) is 7.16. The molecular formula is C22H25N5O2. The molecule has 2 aromatic carbocycles. The van der Waals surface area contributed by atoms with E-state index in [2.05, 4.69) is 44.8 Å². The predicted octanol–water partition coefficient (Wildman–Crippen LogP) is 2.19. The number of rotatable bonds is 6. The minimum absolute atomic E-state index is 0.0864. The number of hydrogen-bond donors (Lipinski definition) is 1. The van der Waals surface area contributed by atoms with E-state index in [4.69, 9.17) is 4.74 Å². The van der Waals surface area contributed by atoms with Gasteiger partial charge in [0, 0.05) is 37.8 Å². The number of carbonyl (C=O) groups is 1. The maximum atomic E-state index is 11.6. The van der Waals surface area contributed by atoms with Gasteiger partial charge in [0.25, 0.3) is 5.91 Å². The smallest absolute Gasteiger partial charge is 0.251 e. The van der Waals surface area contributed by atoms with E-state index < -0.39 is 0 Å². The van der Waals surface area contributed by atoms with Crippen molar-refractivity contribution in [3.63, 3.8) is 0 Å². The van der Waals surface area contributed by atoms with Crippen molar-refractivity contribution in [3.05, 3.63) is 71.4 Å². The fourth-order valence-corrected chi connectivity index (χ4v) is 3.40. The zero-order chi connectivity index (χ0) is 20.1. The van der Waals surface area contributed by atoms with E-state index in [0.29, 0.717) is 12.1 Å². The summed E-state index contributed by atoms with van der Waals surface area (Å²) in [4.78, 5) is 14.0. The second kappa shape index (κ2) is 8.98. The molecule has 2 heterocycles. The van der Waals surface area contributed by atoms with Gasteiger partial charge in [-0.15, -0.1) is 5.10 Å². The third kappa shape index (κ3) is 4.88. The van der Waals surface area contributed by atoms with Crippen LogP contribution in [0.4, 0.5) is 0 Å². The molecule has 1 fully saturated rings. The Morgan fingerprint density at radius 1 is 1.00 bits per heavy atom. The van der Waals surface area contributed by atoms with Crippen molar-refractivity contribution in [1.82, 2.24) is 25.2 Å². The molecule has 0 spiro atoms. The molecule has 1 saturated heterocycles. The summed E-state index contributed by atoms with van der Waals surface area (Å²) < 4.78 is 7.22. The number of nitrogens with zero attached hydrogens (tertiary/aromatic N) is 4. The molecule has 1 N–H and O–H groups in total. The summed E-state index contributed by atoms with van der Waals surface area (Å²) in [5, 5.41) is 11.2. The van der Waals surface area contributed by atoms with Crippen LogP contribution in [0, 0.1) is 0 Å². The van der Waals surface area contributed by atoms with Crippen LogP contribution in [0.25, 0.3) is 11.3 Å². The number of ether oxygens (including phenoxy) is 1. The SMILES string of the molecule is CNC(=O)c1ccc(Cn2cc(-c3ccc(CN4CCOCC4)cc3)nn2)cc1. The highest BCUT2D eigenvalue weighted by molar-refractivity contribution is 5.93. The largest absolute Gasteiger partial charge is 0.379 e. The van der Waals surface area contributed by atoms with Crippen molar-refractivity contribution in [1.29, 1.82) is 0 Å². The van der Waals surface area contributed by atoms with Gasteiger partial charge in [-0.1, -0.05) is 41.6 Å². The van der Waals surface area contributed by atoms with Crippen molar-refractivity contribution >= 4 is 5.91 Å². The minimum Gasteiger partial charge on any atom is -0.379 e. The highest BCUT2D eigenvalue weighted by atomic mass is 16.5. The molecule has 0 bridgehead atoms. The molecule has 150 valence electrons. The third-order valence-electron chi connectivity index (χ3n) is 5.09. The van der Waals surface area contributed by atoms with Gasteiger partial charge in [0.15, 0.2) is 0 Å². The number of benzene rings is 2. The number of morpholine rings is 1. The Labute approximate surface area is 170 Å². The fraction of sp³-hybridized carbons (Fsp3) is 0.318. The standard InChI is InChI=1S/C22H25N5O2/c1-23-22(28)20-8-4-18(5-9-20)15-27-16-21(24-25-27)19-6-2-17(3-7-19)14-26-10-12-29-13-11-26/h2-9,16H,10-15H2,1H3,(H,23,28). The van der Waals surface area contributed by atoms with Gasteiger partial charge in [0.2, 0.25) is 0 Å². The molecule has 3 aromatic rings. The van der Waals surface area contributed by atoms with Gasteiger partial charge in [-0.3, -0.25) is 9.69 Å². The first-order chi connectivity index (χ1) is 14.2. The van der Waals surface area contributed by atoms with Crippen LogP contribution in [0.2, 0.25) is 0 Å². The summed E-state index contributed by atoms with van der Waals surface area (Å²) in [6.07, 6.45) is 1.95. The summed E-state index contributed by atoms with van der Waals surface area (Å²) in [5.74, 6) is -0.0864. The van der Waals surface area contributed by atoms with E-state index in [1.807, 2.05) is 35.1 Å². The zero-order valence-electron chi connectivity index (χ0n) is 16.5. The molecule has 7 nitrogen and oxygen atoms in total. The normalized spacial score (nSPS) is 14.7. The summed E-state index contributed by atoms with van der Waals surface area (Å²) in [5.41, 5.74) is 4.91. The Morgan fingerprint density at radius 2 is 1.66 bits per heavy atom. The van der Waals surface area contributed by atoms with Gasteiger partial charge < -0.3 is 10.1 Å². The molecule has 29 heavy (non-hydrogen) atoms. The molecule has 1 amide bonds. The number of hydrogen-bond acceptors (Lipinski definition) is 5. The monoisotopic (exact) mass is 391 g/mol. The molecule has 0 radical (unpaired) electrons. The Kier molecular flexibility index (Phi) is 5.97. The molecular weight excluding hydrogens is 366 g/mol. The first kappa shape index (κ1) is 19.3. The number of carbonyl (C=O) groups excluding carboxylic acids is 1. The second-order valence-corrected chi connectivity index (χ2v) is 7.16. The van der Waals surface area contributed by atoms with Crippen LogP contribution in [-0.4, -0.2) is 59.2 Å². The average molecular weight is 391 g/mol. The van der Waals surface area contributed by atoms with Crippen LogP contribution in [0.1, 0.15) is 21.5 Å². The summed E-state index contributed by atoms with van der Waals surface area (Å²) >= 11 is 0. The van der Waals surface area contributed by atoms with E-state index in [-0.39, 0.29) is 5.91 Å². The Hall–Kier alpha value is -3.03. The Balaban J connectivity index is 1.38. The molecule has 7 heteroatoms. The van der Waals surface area contributed by atoms with Gasteiger partial charge in [0.05, 0.1) is 26.0 Å². The van der Waals surface area contributed by atoms with Crippen LogP contribution in [0.5, 0.6) is 0 Å². The maximum absolute atomic E-state index is 11.6. The van der Waals surface area contributed by atoms with Crippen molar-refractivity contribution in [2.75, 3.05) is 33.4 Å². The maximum Gasteiger partial charge on any atom is 0.251 e. The van der Waals surface area contributed by atoms with Crippen LogP contribution >= 0.6 is 0 Å². The topological polar surface area (TPSA) is 72.3 Å². The molecule has 1 aliphatic heterocycles. The lowest BCUT2D eigenvalue weighted by molar-refractivity contribution is 0.0342. The highest BCUT2D eigenvalue weighted by Crippen LogP contribution is 2.18. The molecule has 1 aliphatic rings. The predicted molar refractivity (Wildman–Crippen MR) is 110 cm³/mol. The molecule has 0 saturated carbocycles. The van der Waals surface area contributed by atoms with E-state index in [9.17, 15) is 4.79 Å². The average Bonchev–Trinajstić information content (AvgIpc) is 3.23. The Bertz CT molecular complexity index is 944. The van der Waals surface area contributed by atoms with E-state index >= 15 is 0 Å². The Morgan fingerprint density at radius 3 is 2.34 bits per heavy atom. The van der Waals surface area contributed by atoms with Gasteiger partial charge >= 0.3 is 0 Å². The first-order valence-corrected chi connectivity index (χ1v) is 9.82. The van der Waals surface area contributed by atoms with Crippen molar-refractivity contribution in [3.8, 4) is 11.3 Å². The fourth-order valence-electron chi connectivity index (χ4n) is 3.40. The summed E-state index contributed by atoms with van der Waals surface area (Å²) in [6.45, 7) is 5.16. The van der Waals surface area contributed by atoms with Gasteiger partial charge in [-0.25, -0.2) is 4.68 Å². The summed E-state index contributed by atoms with van der Waals surface area (Å²) in [7, 11) is 1.63. The van der Waals surface area contributed by atoms with Crippen LogP contribution in [-0.2, 0) is 17.8 Å². The van der Waals surface area contributed by atoms with Crippen molar-refractivity contribution in [2.24, 2.45) is 0 Å². The highest BCUT2D eigenvalue weighted by Gasteiger charge is 2.11. The third-order valence-corrected chi connectivity index (χ3v) is 5.09. The lowest BCUT2D eigenvalue weighted by Crippen LogP contribution is -2.35. The lowest BCUT2D eigenvalue weighted by atomic mass is 10.1. The van der Waals surface area contributed by atoms with Crippen molar-refractivity contribution < 1.29 is 9.53 Å². The van der Waals surface area contributed by atoms with Crippen molar-refractivity contribution in [2.45, 2.75) is 13.1 Å². The van der Waals surface area contributed by atoms with E-state index in [1.54, 1.807) is 7.05 Å². The zero-order valence-corrected chi connectivity index (χ0v) is 16.5. The minimum atomic E-state index is -0.0864.